The number of fused-ring (bicyclic) bond motifs is 2. The van der Waals surface area contributed by atoms with Crippen molar-refractivity contribution in [1.29, 1.82) is 0 Å². The van der Waals surface area contributed by atoms with Crippen LogP contribution in [0.1, 0.15) is 12.8 Å². The highest BCUT2D eigenvalue weighted by Crippen LogP contribution is 2.35. The van der Waals surface area contributed by atoms with E-state index >= 15 is 0 Å². The van der Waals surface area contributed by atoms with Gasteiger partial charge in [0.2, 0.25) is 0 Å². The molecule has 2 saturated heterocycles. The Hall–Kier alpha value is -0.650. The van der Waals surface area contributed by atoms with E-state index in [1.807, 2.05) is 6.20 Å². The van der Waals surface area contributed by atoms with Gasteiger partial charge in [-0.05, 0) is 47.4 Å². The first-order valence-electron chi connectivity index (χ1n) is 6.84. The Kier molecular flexibility index (Phi) is 3.01. The zero-order valence-electron chi connectivity index (χ0n) is 10.7. The van der Waals surface area contributed by atoms with Crippen LogP contribution in [0.15, 0.2) is 22.1 Å². The number of halogens is 1. The molecule has 2 aliphatic heterocycles. The molecule has 0 radical (unpaired) electrons. The van der Waals surface area contributed by atoms with Crippen molar-refractivity contribution in [1.82, 2.24) is 9.88 Å². The first kappa shape index (κ1) is 12.1. The molecule has 0 unspecified atom stereocenters. The molecular formula is C14H16BrN3S. The van der Waals surface area contributed by atoms with Crippen LogP contribution in [-0.4, -0.2) is 42.1 Å². The van der Waals surface area contributed by atoms with Gasteiger partial charge in [0.15, 0.2) is 0 Å². The van der Waals surface area contributed by atoms with Crippen molar-refractivity contribution >= 4 is 43.2 Å². The minimum atomic E-state index is 0.743. The number of anilines is 1. The minimum absolute atomic E-state index is 0.743. The number of thiophene rings is 1. The van der Waals surface area contributed by atoms with Crippen LogP contribution in [0.4, 0.5) is 5.82 Å². The van der Waals surface area contributed by atoms with E-state index in [-0.39, 0.29) is 0 Å². The third-order valence-electron chi connectivity index (χ3n) is 4.28. The lowest BCUT2D eigenvalue weighted by Crippen LogP contribution is -2.50. The molecular weight excluding hydrogens is 322 g/mol. The van der Waals surface area contributed by atoms with Crippen molar-refractivity contribution in [2.24, 2.45) is 0 Å². The van der Waals surface area contributed by atoms with E-state index in [0.29, 0.717) is 0 Å². The Morgan fingerprint density at radius 2 is 2.26 bits per heavy atom. The summed E-state index contributed by atoms with van der Waals surface area (Å²) in [5.41, 5.74) is 0. The van der Waals surface area contributed by atoms with Crippen molar-refractivity contribution in [3.05, 3.63) is 22.1 Å². The number of hydrogen-bond acceptors (Lipinski definition) is 4. The maximum absolute atomic E-state index is 4.65. The molecule has 5 heteroatoms. The molecule has 2 aromatic heterocycles. The SMILES string of the molecule is Brc1cc2c(N3CCN4CCC[C@H]4C3)nccc2s1. The minimum Gasteiger partial charge on any atom is -0.353 e. The van der Waals surface area contributed by atoms with Gasteiger partial charge in [0, 0.05) is 42.0 Å². The first-order valence-corrected chi connectivity index (χ1v) is 8.45. The maximum atomic E-state index is 4.65. The van der Waals surface area contributed by atoms with Crippen molar-refractivity contribution in [3.8, 4) is 0 Å². The Balaban J connectivity index is 1.70. The maximum Gasteiger partial charge on any atom is 0.137 e. The number of rotatable bonds is 1. The van der Waals surface area contributed by atoms with Crippen LogP contribution in [0.5, 0.6) is 0 Å². The van der Waals surface area contributed by atoms with E-state index in [0.717, 1.165) is 19.1 Å². The molecule has 0 spiro atoms. The average molecular weight is 338 g/mol. The highest BCUT2D eigenvalue weighted by atomic mass is 79.9. The molecule has 4 heterocycles. The van der Waals surface area contributed by atoms with Gasteiger partial charge in [0.05, 0.1) is 3.79 Å². The van der Waals surface area contributed by atoms with Gasteiger partial charge in [0.1, 0.15) is 5.82 Å². The highest BCUT2D eigenvalue weighted by molar-refractivity contribution is 9.11. The Labute approximate surface area is 125 Å². The van der Waals surface area contributed by atoms with E-state index in [4.69, 9.17) is 0 Å². The summed E-state index contributed by atoms with van der Waals surface area (Å²) in [7, 11) is 0. The van der Waals surface area contributed by atoms with Gasteiger partial charge in [-0.2, -0.15) is 0 Å². The normalized spacial score (nSPS) is 24.1. The summed E-state index contributed by atoms with van der Waals surface area (Å²) >= 11 is 5.38. The monoisotopic (exact) mass is 337 g/mol. The average Bonchev–Trinajstić information content (AvgIpc) is 3.01. The number of piperazine rings is 1. The fraction of sp³-hybridized carbons (Fsp3) is 0.500. The van der Waals surface area contributed by atoms with E-state index in [1.54, 1.807) is 11.3 Å². The quantitative estimate of drug-likeness (QED) is 0.795. The number of aromatic nitrogens is 1. The summed E-state index contributed by atoms with van der Waals surface area (Å²) in [6.45, 7) is 4.73. The Bertz CT molecular complexity index is 612. The lowest BCUT2D eigenvalue weighted by Gasteiger charge is -2.38. The van der Waals surface area contributed by atoms with Crippen molar-refractivity contribution in [3.63, 3.8) is 0 Å². The van der Waals surface area contributed by atoms with Gasteiger partial charge in [-0.1, -0.05) is 0 Å². The third-order valence-corrected chi connectivity index (χ3v) is 5.88. The molecule has 0 amide bonds. The van der Waals surface area contributed by atoms with Crippen LogP contribution in [0.3, 0.4) is 0 Å². The number of pyridine rings is 1. The Morgan fingerprint density at radius 1 is 1.32 bits per heavy atom. The number of nitrogens with zero attached hydrogens (tertiary/aromatic N) is 3. The number of hydrogen-bond donors (Lipinski definition) is 0. The summed E-state index contributed by atoms with van der Waals surface area (Å²) in [5, 5.41) is 1.30. The summed E-state index contributed by atoms with van der Waals surface area (Å²) in [6, 6.07) is 5.07. The molecule has 1 atom stereocenters. The molecule has 3 nitrogen and oxygen atoms in total. The van der Waals surface area contributed by atoms with Crippen LogP contribution in [-0.2, 0) is 0 Å². The third kappa shape index (κ3) is 2.08. The van der Waals surface area contributed by atoms with Gasteiger partial charge in [0.25, 0.3) is 0 Å². The van der Waals surface area contributed by atoms with Gasteiger partial charge < -0.3 is 4.90 Å². The van der Waals surface area contributed by atoms with E-state index in [1.165, 1.54) is 45.6 Å². The van der Waals surface area contributed by atoms with Gasteiger partial charge >= 0.3 is 0 Å². The highest BCUT2D eigenvalue weighted by Gasteiger charge is 2.31. The van der Waals surface area contributed by atoms with Crippen molar-refractivity contribution in [2.45, 2.75) is 18.9 Å². The fourth-order valence-corrected chi connectivity index (χ4v) is 4.88. The van der Waals surface area contributed by atoms with Crippen LogP contribution in [0, 0.1) is 0 Å². The predicted molar refractivity (Wildman–Crippen MR) is 84.1 cm³/mol. The molecule has 0 aliphatic carbocycles. The fourth-order valence-electron chi connectivity index (χ4n) is 3.35. The van der Waals surface area contributed by atoms with E-state index < -0.39 is 0 Å². The predicted octanol–water partition coefficient (Wildman–Crippen LogP) is 3.34. The second-order valence-corrected chi connectivity index (χ2v) is 7.84. The molecule has 19 heavy (non-hydrogen) atoms. The molecule has 2 aromatic rings. The molecule has 4 rings (SSSR count). The zero-order chi connectivity index (χ0) is 12.8. The smallest absolute Gasteiger partial charge is 0.137 e. The molecule has 2 aliphatic rings. The van der Waals surface area contributed by atoms with Crippen molar-refractivity contribution < 1.29 is 0 Å². The van der Waals surface area contributed by atoms with Crippen LogP contribution in [0.2, 0.25) is 0 Å². The summed E-state index contributed by atoms with van der Waals surface area (Å²) in [5.74, 6) is 1.17. The van der Waals surface area contributed by atoms with Crippen LogP contribution >= 0.6 is 27.3 Å². The van der Waals surface area contributed by atoms with Crippen molar-refractivity contribution in [2.75, 3.05) is 31.1 Å². The second kappa shape index (κ2) is 4.72. The first-order chi connectivity index (χ1) is 9.31. The summed E-state index contributed by atoms with van der Waals surface area (Å²) in [6.07, 6.45) is 4.65. The second-order valence-electron chi connectivity index (χ2n) is 5.37. The topological polar surface area (TPSA) is 19.4 Å². The molecule has 0 aromatic carbocycles. The molecule has 0 N–H and O–H groups in total. The summed E-state index contributed by atoms with van der Waals surface area (Å²) < 4.78 is 2.52. The van der Waals surface area contributed by atoms with Gasteiger partial charge in [-0.15, -0.1) is 11.3 Å². The van der Waals surface area contributed by atoms with Gasteiger partial charge in [-0.25, -0.2) is 4.98 Å². The molecule has 2 fully saturated rings. The van der Waals surface area contributed by atoms with E-state index in [9.17, 15) is 0 Å². The largest absolute Gasteiger partial charge is 0.353 e. The molecule has 0 saturated carbocycles. The van der Waals surface area contributed by atoms with E-state index in [2.05, 4.69) is 42.8 Å². The van der Waals surface area contributed by atoms with Gasteiger partial charge in [-0.3, -0.25) is 4.90 Å². The lowest BCUT2D eigenvalue weighted by molar-refractivity contribution is 0.230. The molecule has 100 valence electrons. The van der Waals surface area contributed by atoms with Crippen LogP contribution < -0.4 is 4.90 Å². The van der Waals surface area contributed by atoms with Crippen LogP contribution in [0.25, 0.3) is 10.1 Å². The summed E-state index contributed by atoms with van der Waals surface area (Å²) in [4.78, 5) is 9.77. The zero-order valence-corrected chi connectivity index (χ0v) is 13.1. The lowest BCUT2D eigenvalue weighted by atomic mass is 10.1. The Morgan fingerprint density at radius 3 is 3.21 bits per heavy atom. The molecule has 0 bridgehead atoms. The standard InChI is InChI=1S/C14H16BrN3S/c15-13-8-11-12(19-13)3-4-16-14(11)18-7-6-17-5-1-2-10(17)9-18/h3-4,8,10H,1-2,5-7,9H2/t10-/m0/s1.